The molecule has 6 heteroatoms. The van der Waals surface area contributed by atoms with Crippen molar-refractivity contribution in [2.45, 2.75) is 13.3 Å². The number of hydrogen-bond acceptors (Lipinski definition) is 5. The average Bonchev–Trinajstić information content (AvgIpc) is 3.03. The van der Waals surface area contributed by atoms with Crippen LogP contribution in [0.5, 0.6) is 11.5 Å². The number of nitrogens with zero attached hydrogens (tertiary/aromatic N) is 1. The molecule has 0 spiro atoms. The van der Waals surface area contributed by atoms with Crippen LogP contribution in [0.3, 0.4) is 0 Å². The van der Waals surface area contributed by atoms with E-state index in [1.807, 2.05) is 24.3 Å². The van der Waals surface area contributed by atoms with Gasteiger partial charge in [0.25, 0.3) is 5.91 Å². The zero-order valence-corrected chi connectivity index (χ0v) is 11.8. The quantitative estimate of drug-likeness (QED) is 0.868. The lowest BCUT2D eigenvalue weighted by Gasteiger charge is -1.98. The second-order valence-electron chi connectivity index (χ2n) is 4.36. The molecule has 1 N–H and O–H groups in total. The first-order valence-electron chi connectivity index (χ1n) is 6.41. The molecule has 1 amide bonds. The normalized spacial score (nSPS) is 20.8. The number of aliphatic imine (C=N–C) groups is 1. The maximum Gasteiger partial charge on any atom is 0.264 e. The van der Waals surface area contributed by atoms with E-state index in [1.165, 1.54) is 11.8 Å². The molecule has 0 radical (unpaired) electrons. The minimum Gasteiger partial charge on any atom is -0.454 e. The summed E-state index contributed by atoms with van der Waals surface area (Å²) in [5.41, 5.74) is 0.906. The highest BCUT2D eigenvalue weighted by atomic mass is 32.2. The SMILES string of the molecule is CCCN=C1NC(=O)/C(=C\c2ccc3c(c2)OCO3)S1. The maximum atomic E-state index is 11.8. The molecule has 3 rings (SSSR count). The van der Waals surface area contributed by atoms with Crippen molar-refractivity contribution in [1.29, 1.82) is 0 Å². The topological polar surface area (TPSA) is 59.9 Å². The van der Waals surface area contributed by atoms with E-state index in [-0.39, 0.29) is 12.7 Å². The largest absolute Gasteiger partial charge is 0.454 e. The molecule has 104 valence electrons. The van der Waals surface area contributed by atoms with Crippen molar-refractivity contribution in [3.8, 4) is 11.5 Å². The molecule has 0 saturated carbocycles. The number of nitrogens with one attached hydrogen (secondary N) is 1. The summed E-state index contributed by atoms with van der Waals surface area (Å²) in [7, 11) is 0. The Kier molecular flexibility index (Phi) is 3.64. The molecule has 2 heterocycles. The smallest absolute Gasteiger partial charge is 0.264 e. The molecule has 20 heavy (non-hydrogen) atoms. The molecular formula is C14H14N2O3S. The van der Waals surface area contributed by atoms with Gasteiger partial charge in [-0.1, -0.05) is 13.0 Å². The van der Waals surface area contributed by atoms with Crippen molar-refractivity contribution >= 4 is 28.9 Å². The third-order valence-corrected chi connectivity index (χ3v) is 3.77. The Hall–Kier alpha value is -1.95. The van der Waals surface area contributed by atoms with Crippen molar-refractivity contribution in [2.75, 3.05) is 13.3 Å². The molecule has 0 aromatic heterocycles. The van der Waals surface area contributed by atoms with Gasteiger partial charge in [0.2, 0.25) is 6.79 Å². The van der Waals surface area contributed by atoms with Crippen molar-refractivity contribution in [1.82, 2.24) is 5.32 Å². The van der Waals surface area contributed by atoms with E-state index in [2.05, 4.69) is 17.2 Å². The zero-order valence-electron chi connectivity index (χ0n) is 11.0. The first kappa shape index (κ1) is 13.1. The van der Waals surface area contributed by atoms with Gasteiger partial charge in [0.1, 0.15) is 0 Å². The number of hydrogen-bond donors (Lipinski definition) is 1. The van der Waals surface area contributed by atoms with Gasteiger partial charge in [-0.25, -0.2) is 0 Å². The molecular weight excluding hydrogens is 276 g/mol. The second-order valence-corrected chi connectivity index (χ2v) is 5.39. The summed E-state index contributed by atoms with van der Waals surface area (Å²) in [6, 6.07) is 5.61. The molecule has 0 unspecified atom stereocenters. The van der Waals surface area contributed by atoms with Gasteiger partial charge >= 0.3 is 0 Å². The average molecular weight is 290 g/mol. The number of carbonyl (C=O) groups is 1. The summed E-state index contributed by atoms with van der Waals surface area (Å²) in [6.07, 6.45) is 2.79. The predicted molar refractivity (Wildman–Crippen MR) is 78.9 cm³/mol. The van der Waals surface area contributed by atoms with Gasteiger partial charge in [0.15, 0.2) is 16.7 Å². The molecule has 1 aromatic carbocycles. The van der Waals surface area contributed by atoms with E-state index >= 15 is 0 Å². The van der Waals surface area contributed by atoms with E-state index in [4.69, 9.17) is 9.47 Å². The van der Waals surface area contributed by atoms with Crippen LogP contribution in [0.1, 0.15) is 18.9 Å². The van der Waals surface area contributed by atoms with Crippen molar-refractivity contribution in [2.24, 2.45) is 4.99 Å². The monoisotopic (exact) mass is 290 g/mol. The van der Waals surface area contributed by atoms with Gasteiger partial charge in [-0.3, -0.25) is 9.79 Å². The van der Waals surface area contributed by atoms with E-state index in [9.17, 15) is 4.79 Å². The standard InChI is InChI=1S/C14H14N2O3S/c1-2-5-15-14-16-13(17)12(20-14)7-9-3-4-10-11(6-9)19-8-18-10/h3-4,6-7H,2,5,8H2,1H3,(H,15,16,17)/b12-7+. The van der Waals surface area contributed by atoms with Crippen LogP contribution >= 0.6 is 11.8 Å². The first-order chi connectivity index (χ1) is 9.76. The van der Waals surface area contributed by atoms with E-state index in [1.54, 1.807) is 0 Å². The minimum absolute atomic E-state index is 0.109. The van der Waals surface area contributed by atoms with Gasteiger partial charge in [-0.15, -0.1) is 0 Å². The molecule has 5 nitrogen and oxygen atoms in total. The Bertz CT molecular complexity index is 610. The lowest BCUT2D eigenvalue weighted by molar-refractivity contribution is -0.115. The number of rotatable bonds is 3. The Morgan fingerprint density at radius 2 is 2.25 bits per heavy atom. The Labute approximate surface area is 121 Å². The van der Waals surface area contributed by atoms with E-state index < -0.39 is 0 Å². The number of ether oxygens (including phenoxy) is 2. The number of thioether (sulfide) groups is 1. The Morgan fingerprint density at radius 1 is 1.40 bits per heavy atom. The molecule has 1 fully saturated rings. The van der Waals surface area contributed by atoms with E-state index in [0.717, 1.165) is 24.3 Å². The van der Waals surface area contributed by atoms with Gasteiger partial charge in [-0.2, -0.15) is 0 Å². The van der Waals surface area contributed by atoms with Crippen LogP contribution in [0, 0.1) is 0 Å². The fourth-order valence-electron chi connectivity index (χ4n) is 1.87. The fourth-order valence-corrected chi connectivity index (χ4v) is 2.72. The number of amides is 1. The van der Waals surface area contributed by atoms with Crippen molar-refractivity contribution in [3.05, 3.63) is 28.7 Å². The Morgan fingerprint density at radius 3 is 3.10 bits per heavy atom. The highest BCUT2D eigenvalue weighted by Gasteiger charge is 2.23. The summed E-state index contributed by atoms with van der Waals surface area (Å²) >= 11 is 1.37. The summed E-state index contributed by atoms with van der Waals surface area (Å²) in [5, 5.41) is 3.43. The minimum atomic E-state index is -0.109. The number of benzene rings is 1. The van der Waals surface area contributed by atoms with Gasteiger partial charge in [-0.05, 0) is 42.0 Å². The van der Waals surface area contributed by atoms with Crippen LogP contribution in [0.4, 0.5) is 0 Å². The Balaban J connectivity index is 1.80. The number of amidine groups is 1. The van der Waals surface area contributed by atoms with Crippen LogP contribution < -0.4 is 14.8 Å². The molecule has 1 saturated heterocycles. The number of carbonyl (C=O) groups excluding carboxylic acids is 1. The summed E-state index contributed by atoms with van der Waals surface area (Å²) < 4.78 is 10.6. The van der Waals surface area contributed by atoms with Crippen molar-refractivity contribution in [3.63, 3.8) is 0 Å². The molecule has 0 bridgehead atoms. The predicted octanol–water partition coefficient (Wildman–Crippen LogP) is 2.39. The molecule has 0 aliphatic carbocycles. The third-order valence-electron chi connectivity index (χ3n) is 2.82. The van der Waals surface area contributed by atoms with Crippen LogP contribution in [-0.2, 0) is 4.79 Å². The van der Waals surface area contributed by atoms with Crippen LogP contribution in [0.2, 0.25) is 0 Å². The summed E-state index contributed by atoms with van der Waals surface area (Å²) in [5.74, 6) is 1.34. The highest BCUT2D eigenvalue weighted by Crippen LogP contribution is 2.34. The molecule has 1 aromatic rings. The van der Waals surface area contributed by atoms with Crippen LogP contribution in [-0.4, -0.2) is 24.4 Å². The fraction of sp³-hybridized carbons (Fsp3) is 0.286. The number of fused-ring (bicyclic) bond motifs is 1. The van der Waals surface area contributed by atoms with Crippen molar-refractivity contribution < 1.29 is 14.3 Å². The second kappa shape index (κ2) is 5.58. The maximum absolute atomic E-state index is 11.8. The first-order valence-corrected chi connectivity index (χ1v) is 7.23. The van der Waals surface area contributed by atoms with Crippen LogP contribution in [0.15, 0.2) is 28.1 Å². The van der Waals surface area contributed by atoms with Crippen LogP contribution in [0.25, 0.3) is 6.08 Å². The van der Waals surface area contributed by atoms with E-state index in [0.29, 0.717) is 15.8 Å². The summed E-state index contributed by atoms with van der Waals surface area (Å²) in [6.45, 7) is 3.02. The lowest BCUT2D eigenvalue weighted by atomic mass is 10.2. The van der Waals surface area contributed by atoms with Gasteiger partial charge < -0.3 is 14.8 Å². The highest BCUT2D eigenvalue weighted by molar-refractivity contribution is 8.18. The van der Waals surface area contributed by atoms with Gasteiger partial charge in [0.05, 0.1) is 4.91 Å². The molecule has 2 aliphatic rings. The zero-order chi connectivity index (χ0) is 13.9. The van der Waals surface area contributed by atoms with Gasteiger partial charge in [0, 0.05) is 6.54 Å². The molecule has 0 atom stereocenters. The third kappa shape index (κ3) is 2.65. The summed E-state index contributed by atoms with van der Waals surface area (Å²) in [4.78, 5) is 16.8. The lowest BCUT2D eigenvalue weighted by Crippen LogP contribution is -2.19. The molecule has 2 aliphatic heterocycles.